The van der Waals surface area contributed by atoms with E-state index in [9.17, 15) is 19.5 Å². The van der Waals surface area contributed by atoms with Crippen LogP contribution in [0.5, 0.6) is 0 Å². The highest BCUT2D eigenvalue weighted by molar-refractivity contribution is 5.88. The molecule has 0 bridgehead atoms. The highest BCUT2D eigenvalue weighted by Crippen LogP contribution is 2.44. The lowest BCUT2D eigenvalue weighted by Crippen LogP contribution is -2.55. The molecular formula is C35H43N3O7. The molecule has 0 aliphatic heterocycles. The second kappa shape index (κ2) is 16.7. The molecule has 240 valence electrons. The molecule has 2 amide bonds. The van der Waals surface area contributed by atoms with E-state index in [0.717, 1.165) is 27.8 Å². The number of carbonyl (C=O) groups excluding carboxylic acids is 3. The lowest BCUT2D eigenvalue weighted by molar-refractivity contribution is -0.151. The SMILES string of the molecule is CC(C)C[C@H](NC(=O)[C@@H](O)[C@@H](Cc1ccccc1)NC(=O)OCC1c2ccccc2-c2ccccc21)C(=O)OCCOCCN. The number of carbonyl (C=O) groups is 3. The molecule has 0 unspecified atom stereocenters. The molecule has 10 heteroatoms. The van der Waals surface area contributed by atoms with Gasteiger partial charge >= 0.3 is 12.1 Å². The average Bonchev–Trinajstić information content (AvgIpc) is 3.36. The quantitative estimate of drug-likeness (QED) is 0.141. The van der Waals surface area contributed by atoms with Gasteiger partial charge in [-0.2, -0.15) is 0 Å². The second-order valence-electron chi connectivity index (χ2n) is 11.5. The number of nitrogens with two attached hydrogens (primary N) is 1. The molecule has 0 saturated carbocycles. The number of fused-ring (bicyclic) bond motifs is 3. The van der Waals surface area contributed by atoms with E-state index in [1.54, 1.807) is 0 Å². The van der Waals surface area contributed by atoms with Crippen molar-refractivity contribution in [3.8, 4) is 11.1 Å². The Morgan fingerprint density at radius 3 is 2.07 bits per heavy atom. The summed E-state index contributed by atoms with van der Waals surface area (Å²) in [7, 11) is 0. The van der Waals surface area contributed by atoms with E-state index in [-0.39, 0.29) is 38.1 Å². The number of rotatable bonds is 16. The summed E-state index contributed by atoms with van der Waals surface area (Å²) in [6, 6.07) is 23.2. The van der Waals surface area contributed by atoms with Gasteiger partial charge in [0.1, 0.15) is 19.3 Å². The van der Waals surface area contributed by atoms with Crippen molar-refractivity contribution in [2.45, 2.75) is 50.8 Å². The van der Waals surface area contributed by atoms with Crippen LogP contribution in [-0.2, 0) is 30.2 Å². The zero-order valence-electron chi connectivity index (χ0n) is 25.8. The fourth-order valence-corrected chi connectivity index (χ4v) is 5.51. The summed E-state index contributed by atoms with van der Waals surface area (Å²) in [6.45, 7) is 4.77. The lowest BCUT2D eigenvalue weighted by atomic mass is 9.98. The standard InChI is InChI=1S/C35H43N3O7/c1-23(2)20-31(34(41)44-19-18-43-17-16-36)37-33(40)32(39)30(21-24-10-4-3-5-11-24)38-35(42)45-22-29-27-14-8-6-12-25(27)26-13-7-9-15-28(26)29/h3-15,23,29-32,39H,16-22,36H2,1-2H3,(H,37,40)(H,38,42)/t30-,31+,32+/m1/s1. The Morgan fingerprint density at radius 2 is 1.44 bits per heavy atom. The minimum absolute atomic E-state index is 0.00578. The third kappa shape index (κ3) is 9.37. The molecule has 1 aliphatic carbocycles. The first-order chi connectivity index (χ1) is 21.8. The van der Waals surface area contributed by atoms with Crippen molar-refractivity contribution in [2.24, 2.45) is 11.7 Å². The van der Waals surface area contributed by atoms with Gasteiger partial charge in [0.25, 0.3) is 5.91 Å². The number of hydrogen-bond donors (Lipinski definition) is 4. The highest BCUT2D eigenvalue weighted by Gasteiger charge is 2.33. The topological polar surface area (TPSA) is 149 Å². The summed E-state index contributed by atoms with van der Waals surface area (Å²) in [5.41, 5.74) is 10.5. The van der Waals surface area contributed by atoms with E-state index in [1.807, 2.05) is 80.6 Å². The fourth-order valence-electron chi connectivity index (χ4n) is 5.51. The van der Waals surface area contributed by atoms with E-state index in [2.05, 4.69) is 22.8 Å². The maximum Gasteiger partial charge on any atom is 0.407 e. The molecule has 3 aromatic carbocycles. The molecule has 0 heterocycles. The minimum atomic E-state index is -1.68. The monoisotopic (exact) mass is 617 g/mol. The van der Waals surface area contributed by atoms with Crippen LogP contribution in [0.1, 0.15) is 42.9 Å². The van der Waals surface area contributed by atoms with Crippen LogP contribution >= 0.6 is 0 Å². The second-order valence-corrected chi connectivity index (χ2v) is 11.5. The molecule has 0 spiro atoms. The number of amides is 2. The van der Waals surface area contributed by atoms with E-state index < -0.39 is 36.2 Å². The van der Waals surface area contributed by atoms with Gasteiger partial charge in [-0.15, -0.1) is 0 Å². The smallest absolute Gasteiger partial charge is 0.407 e. The third-order valence-corrected chi connectivity index (χ3v) is 7.64. The van der Waals surface area contributed by atoms with Crippen molar-refractivity contribution >= 4 is 18.0 Å². The molecule has 0 fully saturated rings. The van der Waals surface area contributed by atoms with Crippen molar-refractivity contribution in [2.75, 3.05) is 33.0 Å². The van der Waals surface area contributed by atoms with Crippen molar-refractivity contribution in [3.05, 3.63) is 95.6 Å². The first kappa shape index (κ1) is 33.6. The van der Waals surface area contributed by atoms with Crippen LogP contribution < -0.4 is 16.4 Å². The van der Waals surface area contributed by atoms with Gasteiger partial charge in [-0.25, -0.2) is 9.59 Å². The highest BCUT2D eigenvalue weighted by atomic mass is 16.6. The van der Waals surface area contributed by atoms with Gasteiger partial charge < -0.3 is 35.7 Å². The fraction of sp³-hybridized carbons (Fsp3) is 0.400. The Kier molecular flexibility index (Phi) is 12.5. The molecule has 0 saturated heterocycles. The van der Waals surface area contributed by atoms with Crippen LogP contribution in [0.3, 0.4) is 0 Å². The van der Waals surface area contributed by atoms with Crippen molar-refractivity contribution in [1.82, 2.24) is 10.6 Å². The average molecular weight is 618 g/mol. The number of benzene rings is 3. The maximum atomic E-state index is 13.3. The van der Waals surface area contributed by atoms with E-state index in [0.29, 0.717) is 19.6 Å². The summed E-state index contributed by atoms with van der Waals surface area (Å²) in [5, 5.41) is 16.5. The van der Waals surface area contributed by atoms with Crippen molar-refractivity contribution in [3.63, 3.8) is 0 Å². The molecule has 10 nitrogen and oxygen atoms in total. The van der Waals surface area contributed by atoms with Crippen LogP contribution in [0.25, 0.3) is 11.1 Å². The zero-order valence-corrected chi connectivity index (χ0v) is 25.8. The predicted octanol–water partition coefficient (Wildman–Crippen LogP) is 3.55. The van der Waals surface area contributed by atoms with Crippen molar-refractivity contribution < 1.29 is 33.7 Å². The maximum absolute atomic E-state index is 13.3. The van der Waals surface area contributed by atoms with Crippen LogP contribution in [0, 0.1) is 5.92 Å². The zero-order chi connectivity index (χ0) is 32.2. The molecular weight excluding hydrogens is 574 g/mol. The number of aliphatic hydroxyl groups excluding tert-OH is 1. The summed E-state index contributed by atoms with van der Waals surface area (Å²) in [4.78, 5) is 39.3. The van der Waals surface area contributed by atoms with Crippen LogP contribution in [0.4, 0.5) is 4.79 Å². The number of nitrogens with one attached hydrogen (secondary N) is 2. The van der Waals surface area contributed by atoms with Gasteiger partial charge in [0.2, 0.25) is 0 Å². The Morgan fingerprint density at radius 1 is 0.822 bits per heavy atom. The predicted molar refractivity (Wildman–Crippen MR) is 170 cm³/mol. The van der Waals surface area contributed by atoms with Gasteiger partial charge in [-0.05, 0) is 46.6 Å². The summed E-state index contributed by atoms with van der Waals surface area (Å²) >= 11 is 0. The van der Waals surface area contributed by atoms with Gasteiger partial charge in [-0.1, -0.05) is 92.7 Å². The normalized spacial score (nSPS) is 14.2. The number of aliphatic hydroxyl groups is 1. The molecule has 3 atom stereocenters. The first-order valence-corrected chi connectivity index (χ1v) is 15.4. The van der Waals surface area contributed by atoms with Crippen LogP contribution in [0.15, 0.2) is 78.9 Å². The molecule has 3 aromatic rings. The lowest BCUT2D eigenvalue weighted by Gasteiger charge is -2.26. The molecule has 0 radical (unpaired) electrons. The number of ether oxygens (including phenoxy) is 3. The van der Waals surface area contributed by atoms with E-state index in [4.69, 9.17) is 19.9 Å². The number of hydrogen-bond acceptors (Lipinski definition) is 8. The number of esters is 1. The van der Waals surface area contributed by atoms with E-state index in [1.165, 1.54) is 0 Å². The Bertz CT molecular complexity index is 1370. The van der Waals surface area contributed by atoms with Crippen molar-refractivity contribution in [1.29, 1.82) is 0 Å². The summed E-state index contributed by atoms with van der Waals surface area (Å²) in [6.07, 6.45) is -2.00. The molecule has 4 rings (SSSR count). The van der Waals surface area contributed by atoms with Gasteiger partial charge in [0, 0.05) is 12.5 Å². The summed E-state index contributed by atoms with van der Waals surface area (Å²) < 4.78 is 16.2. The van der Waals surface area contributed by atoms with Gasteiger partial charge in [0.05, 0.1) is 19.3 Å². The Balaban J connectivity index is 1.42. The van der Waals surface area contributed by atoms with Gasteiger partial charge in [0.15, 0.2) is 6.10 Å². The minimum Gasteiger partial charge on any atom is -0.462 e. The Labute approximate surface area is 264 Å². The summed E-state index contributed by atoms with van der Waals surface area (Å²) in [5.74, 6) is -1.54. The first-order valence-electron chi connectivity index (χ1n) is 15.4. The van der Waals surface area contributed by atoms with Crippen LogP contribution in [0.2, 0.25) is 0 Å². The van der Waals surface area contributed by atoms with Crippen LogP contribution in [-0.4, -0.2) is 74.2 Å². The van der Waals surface area contributed by atoms with E-state index >= 15 is 0 Å². The molecule has 0 aromatic heterocycles. The Hall–Kier alpha value is -4.25. The molecule has 5 N–H and O–H groups in total. The largest absolute Gasteiger partial charge is 0.462 e. The third-order valence-electron chi connectivity index (χ3n) is 7.64. The molecule has 45 heavy (non-hydrogen) atoms. The number of alkyl carbamates (subject to hydrolysis) is 1. The molecule has 1 aliphatic rings. The van der Waals surface area contributed by atoms with Gasteiger partial charge in [-0.3, -0.25) is 4.79 Å².